The zero-order valence-corrected chi connectivity index (χ0v) is 11.3. The largest absolute Gasteiger partial charge is 0.493 e. The van der Waals surface area contributed by atoms with E-state index in [4.69, 9.17) is 4.74 Å². The van der Waals surface area contributed by atoms with E-state index >= 15 is 0 Å². The lowest BCUT2D eigenvalue weighted by Crippen LogP contribution is -2.01. The van der Waals surface area contributed by atoms with Crippen LogP contribution in [0, 0.1) is 0 Å². The van der Waals surface area contributed by atoms with Crippen LogP contribution in [-0.2, 0) is 13.0 Å². The Labute approximate surface area is 111 Å². The van der Waals surface area contributed by atoms with Gasteiger partial charge in [0.2, 0.25) is 5.13 Å². The zero-order valence-electron chi connectivity index (χ0n) is 8.94. The van der Waals surface area contributed by atoms with E-state index in [1.807, 2.05) is 0 Å². The normalized spacial score (nSPS) is 13.2. The van der Waals surface area contributed by atoms with Crippen LogP contribution in [0.3, 0.4) is 0 Å². The number of hydrogen-bond donors (Lipinski definition) is 1. The van der Waals surface area contributed by atoms with Crippen LogP contribution >= 0.6 is 27.3 Å². The summed E-state index contributed by atoms with van der Waals surface area (Å²) < 4.78 is 6.75. The fourth-order valence-electron chi connectivity index (χ4n) is 1.90. The zero-order chi connectivity index (χ0) is 11.7. The van der Waals surface area contributed by atoms with Crippen LogP contribution in [-0.4, -0.2) is 16.8 Å². The van der Waals surface area contributed by atoms with Gasteiger partial charge in [-0.2, -0.15) is 0 Å². The molecule has 3 rings (SSSR count). The van der Waals surface area contributed by atoms with Gasteiger partial charge in [0.05, 0.1) is 6.61 Å². The average molecular weight is 312 g/mol. The molecular weight excluding hydrogens is 302 g/mol. The number of halogens is 1. The molecule has 0 saturated carbocycles. The van der Waals surface area contributed by atoms with Crippen LogP contribution in [0.25, 0.3) is 0 Å². The molecule has 2 heterocycles. The van der Waals surface area contributed by atoms with Gasteiger partial charge < -0.3 is 10.1 Å². The Morgan fingerprint density at radius 1 is 1.47 bits per heavy atom. The molecule has 0 amide bonds. The van der Waals surface area contributed by atoms with Crippen LogP contribution in [0.1, 0.15) is 11.1 Å². The first-order valence-electron chi connectivity index (χ1n) is 5.27. The summed E-state index contributed by atoms with van der Waals surface area (Å²) >= 11 is 5.02. The van der Waals surface area contributed by atoms with Gasteiger partial charge in [0.15, 0.2) is 0 Å². The first-order valence-corrected chi connectivity index (χ1v) is 6.94. The molecule has 0 radical (unpaired) electrons. The minimum atomic E-state index is 0.705. The van der Waals surface area contributed by atoms with Crippen molar-refractivity contribution in [2.45, 2.75) is 13.0 Å². The van der Waals surface area contributed by atoms with Crippen LogP contribution in [0.5, 0.6) is 5.75 Å². The molecule has 0 spiro atoms. The van der Waals surface area contributed by atoms with Crippen molar-refractivity contribution < 1.29 is 4.74 Å². The number of ether oxygens (including phenoxy) is 1. The summed E-state index contributed by atoms with van der Waals surface area (Å²) in [6.45, 7) is 1.48. The molecule has 0 saturated heterocycles. The van der Waals surface area contributed by atoms with Crippen molar-refractivity contribution in [2.24, 2.45) is 0 Å². The van der Waals surface area contributed by atoms with E-state index in [0.717, 1.165) is 33.9 Å². The Morgan fingerprint density at radius 3 is 3.24 bits per heavy atom. The van der Waals surface area contributed by atoms with Crippen molar-refractivity contribution in [1.82, 2.24) is 10.2 Å². The Kier molecular flexibility index (Phi) is 2.98. The highest BCUT2D eigenvalue weighted by Crippen LogP contribution is 2.33. The van der Waals surface area contributed by atoms with E-state index < -0.39 is 0 Å². The molecule has 0 fully saturated rings. The van der Waals surface area contributed by atoms with Gasteiger partial charge in [0.1, 0.15) is 11.3 Å². The van der Waals surface area contributed by atoms with Crippen molar-refractivity contribution >= 4 is 32.4 Å². The minimum absolute atomic E-state index is 0.705. The molecule has 88 valence electrons. The van der Waals surface area contributed by atoms with E-state index in [-0.39, 0.29) is 0 Å². The molecule has 17 heavy (non-hydrogen) atoms. The molecule has 1 aromatic heterocycles. The van der Waals surface area contributed by atoms with Crippen molar-refractivity contribution in [1.29, 1.82) is 0 Å². The Morgan fingerprint density at radius 2 is 2.41 bits per heavy atom. The fourth-order valence-corrected chi connectivity index (χ4v) is 2.89. The Balaban J connectivity index is 1.83. The van der Waals surface area contributed by atoms with E-state index in [2.05, 4.69) is 43.6 Å². The highest BCUT2D eigenvalue weighted by molar-refractivity contribution is 9.10. The van der Waals surface area contributed by atoms with E-state index in [0.29, 0.717) is 6.54 Å². The lowest BCUT2D eigenvalue weighted by atomic mass is 10.1. The number of fused-ring (bicyclic) bond motifs is 1. The predicted molar refractivity (Wildman–Crippen MR) is 70.6 cm³/mol. The maximum Gasteiger partial charge on any atom is 0.205 e. The maximum absolute atomic E-state index is 5.66. The van der Waals surface area contributed by atoms with Gasteiger partial charge in [-0.3, -0.25) is 0 Å². The van der Waals surface area contributed by atoms with Gasteiger partial charge in [0.25, 0.3) is 0 Å². The summed E-state index contributed by atoms with van der Waals surface area (Å²) in [6.07, 6.45) is 0.987. The highest BCUT2D eigenvalue weighted by atomic mass is 79.9. The lowest BCUT2D eigenvalue weighted by Gasteiger charge is -2.09. The monoisotopic (exact) mass is 311 g/mol. The number of anilines is 1. The standard InChI is InChI=1S/C11H10BrN3OS/c12-9-3-7-1-2-16-10(7)8(4-9)5-13-11-15-14-6-17-11/h3-4,6H,1-2,5H2,(H,13,15). The number of aromatic nitrogens is 2. The van der Waals surface area contributed by atoms with Gasteiger partial charge in [-0.1, -0.05) is 27.3 Å². The summed E-state index contributed by atoms with van der Waals surface area (Å²) in [4.78, 5) is 0. The summed E-state index contributed by atoms with van der Waals surface area (Å²) in [6, 6.07) is 4.20. The molecule has 1 N–H and O–H groups in total. The number of benzene rings is 1. The number of rotatable bonds is 3. The van der Waals surface area contributed by atoms with Crippen molar-refractivity contribution in [3.8, 4) is 5.75 Å². The van der Waals surface area contributed by atoms with Crippen molar-refractivity contribution in [2.75, 3.05) is 11.9 Å². The SMILES string of the molecule is Brc1cc2c(c(CNc3nncs3)c1)OCC2. The molecule has 4 nitrogen and oxygen atoms in total. The van der Waals surface area contributed by atoms with Crippen molar-refractivity contribution in [3.63, 3.8) is 0 Å². The van der Waals surface area contributed by atoms with E-state index in [1.165, 1.54) is 16.9 Å². The second-order valence-electron chi connectivity index (χ2n) is 3.75. The minimum Gasteiger partial charge on any atom is -0.493 e. The molecule has 2 aromatic rings. The molecule has 0 atom stereocenters. The Bertz CT molecular complexity index is 530. The highest BCUT2D eigenvalue weighted by Gasteiger charge is 2.17. The maximum atomic E-state index is 5.66. The van der Waals surface area contributed by atoms with Gasteiger partial charge in [-0.25, -0.2) is 0 Å². The van der Waals surface area contributed by atoms with Gasteiger partial charge in [0, 0.05) is 23.0 Å². The molecular formula is C11H10BrN3OS. The van der Waals surface area contributed by atoms with E-state index in [9.17, 15) is 0 Å². The van der Waals surface area contributed by atoms with Gasteiger partial charge in [-0.05, 0) is 17.7 Å². The summed E-state index contributed by atoms with van der Waals surface area (Å²) in [7, 11) is 0. The van der Waals surface area contributed by atoms with Crippen LogP contribution < -0.4 is 10.1 Å². The lowest BCUT2D eigenvalue weighted by molar-refractivity contribution is 0.354. The summed E-state index contributed by atoms with van der Waals surface area (Å²) in [5.41, 5.74) is 4.14. The second kappa shape index (κ2) is 4.62. The van der Waals surface area contributed by atoms with Crippen LogP contribution in [0.2, 0.25) is 0 Å². The molecule has 6 heteroatoms. The third-order valence-electron chi connectivity index (χ3n) is 2.62. The summed E-state index contributed by atoms with van der Waals surface area (Å²) in [5.74, 6) is 1.02. The Hall–Kier alpha value is -1.14. The third-order valence-corrected chi connectivity index (χ3v) is 3.72. The second-order valence-corrected chi connectivity index (χ2v) is 5.50. The molecule has 1 aromatic carbocycles. The van der Waals surface area contributed by atoms with Crippen molar-refractivity contribution in [3.05, 3.63) is 33.2 Å². The average Bonchev–Trinajstić information content (AvgIpc) is 2.95. The van der Waals surface area contributed by atoms with Gasteiger partial charge in [-0.15, -0.1) is 10.2 Å². The number of hydrogen-bond acceptors (Lipinski definition) is 5. The molecule has 0 aliphatic carbocycles. The quantitative estimate of drug-likeness (QED) is 0.947. The third kappa shape index (κ3) is 2.28. The van der Waals surface area contributed by atoms with E-state index in [1.54, 1.807) is 5.51 Å². The molecule has 1 aliphatic heterocycles. The fraction of sp³-hybridized carbons (Fsp3) is 0.273. The number of nitrogens with one attached hydrogen (secondary N) is 1. The first-order chi connectivity index (χ1) is 8.33. The predicted octanol–water partition coefficient (Wildman–Crippen LogP) is 2.85. The van der Waals surface area contributed by atoms with Crippen LogP contribution in [0.4, 0.5) is 5.13 Å². The summed E-state index contributed by atoms with van der Waals surface area (Å²) in [5, 5.41) is 11.8. The first kappa shape index (κ1) is 11.0. The van der Waals surface area contributed by atoms with Crippen LogP contribution in [0.15, 0.2) is 22.1 Å². The smallest absolute Gasteiger partial charge is 0.205 e. The molecule has 1 aliphatic rings. The molecule has 0 bridgehead atoms. The number of nitrogens with zero attached hydrogens (tertiary/aromatic N) is 2. The van der Waals surface area contributed by atoms with Gasteiger partial charge >= 0.3 is 0 Å². The topological polar surface area (TPSA) is 47.0 Å². The molecule has 0 unspecified atom stereocenters.